The summed E-state index contributed by atoms with van der Waals surface area (Å²) >= 11 is 0. The summed E-state index contributed by atoms with van der Waals surface area (Å²) in [5.41, 5.74) is 0. The van der Waals surface area contributed by atoms with Gasteiger partial charge in [0.25, 0.3) is 0 Å². The van der Waals surface area contributed by atoms with Crippen LogP contribution in [0.5, 0.6) is 0 Å². The predicted octanol–water partition coefficient (Wildman–Crippen LogP) is 6.39. The van der Waals surface area contributed by atoms with Crippen molar-refractivity contribution in [2.75, 3.05) is 13.2 Å². The lowest BCUT2D eigenvalue weighted by atomic mass is 9.77. The topological polar surface area (TPSA) is 46.2 Å². The van der Waals surface area contributed by atoms with E-state index in [9.17, 15) is 0 Å². The van der Waals surface area contributed by atoms with E-state index in [0.717, 1.165) is 6.42 Å². The summed E-state index contributed by atoms with van der Waals surface area (Å²) in [4.78, 5) is 0. The summed E-state index contributed by atoms with van der Waals surface area (Å²) in [6.07, 6.45) is 1.28. The Kier molecular flexibility index (Phi) is 9.93. The molecule has 0 aromatic heterocycles. The molecular weight excluding hydrogens is 428 g/mol. The smallest absolute Gasteiger partial charge is 0.160 e. The SMILES string of the molecule is CCC1OC(OCC2OC(OCC3OC(C)C(C)C(C)C3C)C(C)C(C)C2C)C(C)C(C)C1C. The molecule has 0 spiro atoms. The van der Waals surface area contributed by atoms with Gasteiger partial charge in [-0.3, -0.25) is 0 Å². The van der Waals surface area contributed by atoms with Gasteiger partial charge < -0.3 is 23.7 Å². The van der Waals surface area contributed by atoms with Crippen molar-refractivity contribution in [1.82, 2.24) is 0 Å². The summed E-state index contributed by atoms with van der Waals surface area (Å²) in [7, 11) is 0. The van der Waals surface area contributed by atoms with Gasteiger partial charge in [-0.1, -0.05) is 69.2 Å². The summed E-state index contributed by atoms with van der Waals surface area (Å²) in [5, 5.41) is 0. The first kappa shape index (κ1) is 28.4. The van der Waals surface area contributed by atoms with E-state index >= 15 is 0 Å². The highest BCUT2D eigenvalue weighted by atomic mass is 16.7. The van der Waals surface area contributed by atoms with Crippen molar-refractivity contribution < 1.29 is 23.7 Å². The van der Waals surface area contributed by atoms with Crippen LogP contribution in [0.2, 0.25) is 0 Å². The molecule has 0 aromatic carbocycles. The Bertz CT molecular complexity index is 626. The first-order valence-electron chi connectivity index (χ1n) is 14.2. The van der Waals surface area contributed by atoms with Gasteiger partial charge in [-0.05, 0) is 54.8 Å². The van der Waals surface area contributed by atoms with Gasteiger partial charge >= 0.3 is 0 Å². The van der Waals surface area contributed by atoms with Crippen molar-refractivity contribution in [3.8, 4) is 0 Å². The molecule has 0 amide bonds. The van der Waals surface area contributed by atoms with Gasteiger partial charge in [0.15, 0.2) is 12.6 Å². The second-order valence-corrected chi connectivity index (χ2v) is 12.3. The zero-order valence-corrected chi connectivity index (χ0v) is 23.8. The second kappa shape index (κ2) is 11.9. The van der Waals surface area contributed by atoms with Crippen LogP contribution in [0.4, 0.5) is 0 Å². The standard InChI is InChI=1S/C29H54O5/c1-12-25-19(6)16(3)22(9)28(33-25)31-14-27-21(8)17(4)23(10)29(34-27)30-13-26-20(7)15(2)18(5)24(11)32-26/h15-29H,12-14H2,1-11H3. The Labute approximate surface area is 210 Å². The Balaban J connectivity index is 1.58. The molecule has 200 valence electrons. The summed E-state index contributed by atoms with van der Waals surface area (Å²) in [6.45, 7) is 26.2. The third-order valence-electron chi connectivity index (χ3n) is 10.6. The molecule has 0 bridgehead atoms. The van der Waals surface area contributed by atoms with Gasteiger partial charge in [0, 0.05) is 11.8 Å². The zero-order valence-electron chi connectivity index (χ0n) is 23.8. The molecule has 5 nitrogen and oxygen atoms in total. The highest BCUT2D eigenvalue weighted by Crippen LogP contribution is 2.40. The molecule has 3 saturated heterocycles. The quantitative estimate of drug-likeness (QED) is 0.421. The van der Waals surface area contributed by atoms with Crippen LogP contribution in [-0.4, -0.2) is 50.2 Å². The second-order valence-electron chi connectivity index (χ2n) is 12.3. The minimum Gasteiger partial charge on any atom is -0.372 e. The molecule has 3 aliphatic heterocycles. The van der Waals surface area contributed by atoms with Gasteiger partial charge in [0.1, 0.15) is 0 Å². The molecule has 0 radical (unpaired) electrons. The summed E-state index contributed by atoms with van der Waals surface area (Å²) in [5.74, 6) is 4.39. The Morgan fingerprint density at radius 1 is 0.441 bits per heavy atom. The number of hydrogen-bond acceptors (Lipinski definition) is 5. The zero-order chi connectivity index (χ0) is 25.3. The normalized spacial score (nSPS) is 52.5. The molecule has 0 aromatic rings. The Morgan fingerprint density at radius 3 is 1.29 bits per heavy atom. The molecule has 3 aliphatic rings. The molecule has 3 rings (SSSR count). The molecule has 3 heterocycles. The first-order chi connectivity index (χ1) is 16.0. The van der Waals surface area contributed by atoms with Crippen LogP contribution >= 0.6 is 0 Å². The summed E-state index contributed by atoms with van der Waals surface area (Å²) < 4.78 is 32.1. The third-order valence-corrected chi connectivity index (χ3v) is 10.6. The molecule has 15 atom stereocenters. The molecule has 3 fully saturated rings. The molecular formula is C29H54O5. The molecule has 0 N–H and O–H groups in total. The van der Waals surface area contributed by atoms with E-state index in [0.29, 0.717) is 66.5 Å². The minimum absolute atomic E-state index is 0.00398. The van der Waals surface area contributed by atoms with E-state index in [1.54, 1.807) is 0 Å². The van der Waals surface area contributed by atoms with Crippen LogP contribution in [0, 0.1) is 53.3 Å². The maximum Gasteiger partial charge on any atom is 0.160 e. The molecule has 34 heavy (non-hydrogen) atoms. The lowest BCUT2D eigenvalue weighted by Gasteiger charge is -2.47. The first-order valence-corrected chi connectivity index (χ1v) is 14.2. The largest absolute Gasteiger partial charge is 0.372 e. The monoisotopic (exact) mass is 482 g/mol. The molecule has 15 unspecified atom stereocenters. The molecule has 0 aliphatic carbocycles. The van der Waals surface area contributed by atoms with Crippen molar-refractivity contribution in [3.63, 3.8) is 0 Å². The van der Waals surface area contributed by atoms with Crippen molar-refractivity contribution in [1.29, 1.82) is 0 Å². The average Bonchev–Trinajstić information content (AvgIpc) is 2.82. The fourth-order valence-corrected chi connectivity index (χ4v) is 6.35. The molecule has 5 heteroatoms. The van der Waals surface area contributed by atoms with E-state index in [1.807, 2.05) is 0 Å². The van der Waals surface area contributed by atoms with Gasteiger partial charge in [-0.25, -0.2) is 0 Å². The minimum atomic E-state index is -0.229. The van der Waals surface area contributed by atoms with Crippen LogP contribution in [0.25, 0.3) is 0 Å². The molecule has 0 saturated carbocycles. The summed E-state index contributed by atoms with van der Waals surface area (Å²) in [6, 6.07) is 0. The van der Waals surface area contributed by atoms with Crippen molar-refractivity contribution in [2.24, 2.45) is 53.3 Å². The van der Waals surface area contributed by atoms with Gasteiger partial charge in [0.05, 0.1) is 37.6 Å². The van der Waals surface area contributed by atoms with Crippen LogP contribution < -0.4 is 0 Å². The predicted molar refractivity (Wildman–Crippen MR) is 136 cm³/mol. The maximum absolute atomic E-state index is 6.55. The van der Waals surface area contributed by atoms with E-state index < -0.39 is 0 Å². The number of rotatable bonds is 7. The van der Waals surface area contributed by atoms with Crippen LogP contribution in [0.15, 0.2) is 0 Å². The average molecular weight is 483 g/mol. The number of ether oxygens (including phenoxy) is 5. The van der Waals surface area contributed by atoms with Crippen molar-refractivity contribution in [3.05, 3.63) is 0 Å². The van der Waals surface area contributed by atoms with Crippen molar-refractivity contribution in [2.45, 2.75) is 120 Å². The van der Waals surface area contributed by atoms with Gasteiger partial charge in [-0.2, -0.15) is 0 Å². The van der Waals surface area contributed by atoms with Gasteiger partial charge in [0.2, 0.25) is 0 Å². The lowest BCUT2D eigenvalue weighted by molar-refractivity contribution is -0.295. The fourth-order valence-electron chi connectivity index (χ4n) is 6.35. The number of hydrogen-bond donors (Lipinski definition) is 0. The van der Waals surface area contributed by atoms with Crippen LogP contribution in [0.3, 0.4) is 0 Å². The van der Waals surface area contributed by atoms with Crippen LogP contribution in [-0.2, 0) is 23.7 Å². The van der Waals surface area contributed by atoms with E-state index in [2.05, 4.69) is 76.2 Å². The van der Waals surface area contributed by atoms with E-state index in [1.165, 1.54) is 0 Å². The van der Waals surface area contributed by atoms with Gasteiger partial charge in [-0.15, -0.1) is 0 Å². The maximum atomic E-state index is 6.55. The Morgan fingerprint density at radius 2 is 0.824 bits per heavy atom. The third kappa shape index (κ3) is 5.85. The van der Waals surface area contributed by atoms with Crippen molar-refractivity contribution >= 4 is 0 Å². The van der Waals surface area contributed by atoms with Crippen LogP contribution in [0.1, 0.15) is 82.6 Å². The van der Waals surface area contributed by atoms with E-state index in [-0.39, 0.29) is 37.0 Å². The highest BCUT2D eigenvalue weighted by molar-refractivity contribution is 4.87. The highest BCUT2D eigenvalue weighted by Gasteiger charge is 2.44. The Hall–Kier alpha value is -0.200. The fraction of sp³-hybridized carbons (Fsp3) is 1.00. The van der Waals surface area contributed by atoms with E-state index in [4.69, 9.17) is 23.7 Å². The lowest BCUT2D eigenvalue weighted by Crippen LogP contribution is -2.51.